The topological polar surface area (TPSA) is 96.5 Å². The molecule has 0 fully saturated rings. The maximum absolute atomic E-state index is 12.4. The van der Waals surface area contributed by atoms with E-state index in [-0.39, 0.29) is 28.1 Å². The molecule has 1 aromatic carbocycles. The summed E-state index contributed by atoms with van der Waals surface area (Å²) in [6.07, 6.45) is 1.98. The minimum atomic E-state index is -3.90. The number of rotatable bonds is 8. The molecule has 1 aromatic rings. The van der Waals surface area contributed by atoms with Gasteiger partial charge in [0.15, 0.2) is 5.11 Å². The van der Waals surface area contributed by atoms with Crippen molar-refractivity contribution in [3.63, 3.8) is 0 Å². The zero-order valence-corrected chi connectivity index (χ0v) is 15.6. The van der Waals surface area contributed by atoms with Crippen LogP contribution in [0.5, 0.6) is 5.75 Å². The van der Waals surface area contributed by atoms with Crippen molar-refractivity contribution in [2.75, 3.05) is 20.7 Å². The number of amides is 1. The van der Waals surface area contributed by atoms with Crippen molar-refractivity contribution in [1.82, 2.24) is 15.4 Å². The largest absolute Gasteiger partial charge is 0.495 e. The summed E-state index contributed by atoms with van der Waals surface area (Å²) in [5.41, 5.74) is 0.570. The number of methoxy groups -OCH3 is 1. The van der Waals surface area contributed by atoms with Gasteiger partial charge in [-0.2, -0.15) is 0 Å². The Morgan fingerprint density at radius 3 is 2.62 bits per heavy atom. The Bertz CT molecular complexity index is 690. The van der Waals surface area contributed by atoms with Gasteiger partial charge in [0.25, 0.3) is 10.0 Å². The van der Waals surface area contributed by atoms with Crippen molar-refractivity contribution in [3.8, 4) is 5.75 Å². The van der Waals surface area contributed by atoms with Gasteiger partial charge >= 0.3 is 0 Å². The summed E-state index contributed by atoms with van der Waals surface area (Å²) in [4.78, 5) is 11.8. The van der Waals surface area contributed by atoms with Crippen LogP contribution in [0.15, 0.2) is 23.1 Å². The number of hydrogen-bond acceptors (Lipinski definition) is 5. The summed E-state index contributed by atoms with van der Waals surface area (Å²) in [6, 6.07) is 4.60. The zero-order chi connectivity index (χ0) is 18.2. The lowest BCUT2D eigenvalue weighted by molar-refractivity contribution is -0.120. The minimum Gasteiger partial charge on any atom is -0.495 e. The molecule has 9 heteroatoms. The highest BCUT2D eigenvalue weighted by Gasteiger charge is 2.21. The predicted molar refractivity (Wildman–Crippen MR) is 96.6 cm³/mol. The van der Waals surface area contributed by atoms with Crippen LogP contribution in [0.25, 0.3) is 0 Å². The molecule has 1 amide bonds. The summed E-state index contributed by atoms with van der Waals surface area (Å²) < 4.78 is 32.2. The quantitative estimate of drug-likeness (QED) is 0.463. The van der Waals surface area contributed by atoms with E-state index in [9.17, 15) is 13.2 Å². The number of carbonyl (C=O) groups is 1. The lowest BCUT2D eigenvalue weighted by Gasteiger charge is -2.13. The number of sulfonamides is 1. The Morgan fingerprint density at radius 2 is 2.04 bits per heavy atom. The average molecular weight is 374 g/mol. The number of thiocarbonyl (C=S) groups is 1. The van der Waals surface area contributed by atoms with Crippen molar-refractivity contribution in [1.29, 1.82) is 0 Å². The summed E-state index contributed by atoms with van der Waals surface area (Å²) in [5.74, 6) is 0.0206. The van der Waals surface area contributed by atoms with Gasteiger partial charge in [0, 0.05) is 13.6 Å². The van der Waals surface area contributed by atoms with E-state index in [0.717, 1.165) is 12.8 Å². The van der Waals surface area contributed by atoms with E-state index in [2.05, 4.69) is 15.4 Å². The van der Waals surface area contributed by atoms with Gasteiger partial charge in [-0.1, -0.05) is 19.4 Å². The van der Waals surface area contributed by atoms with Gasteiger partial charge in [0.1, 0.15) is 10.6 Å². The van der Waals surface area contributed by atoms with E-state index in [4.69, 9.17) is 17.0 Å². The lowest BCUT2D eigenvalue weighted by Crippen LogP contribution is -2.37. The molecule has 0 unspecified atom stereocenters. The predicted octanol–water partition coefficient (Wildman–Crippen LogP) is 0.937. The third-order valence-electron chi connectivity index (χ3n) is 3.19. The summed E-state index contributed by atoms with van der Waals surface area (Å²) >= 11 is 4.84. The van der Waals surface area contributed by atoms with Crippen LogP contribution < -0.4 is 20.1 Å². The minimum absolute atomic E-state index is 0.0280. The highest BCUT2D eigenvalue weighted by atomic mass is 32.2. The van der Waals surface area contributed by atoms with Gasteiger partial charge in [-0.25, -0.2) is 8.42 Å². The normalized spacial score (nSPS) is 10.8. The summed E-state index contributed by atoms with van der Waals surface area (Å²) in [6.45, 7) is 2.64. The second-order valence-corrected chi connectivity index (χ2v) is 7.11. The summed E-state index contributed by atoms with van der Waals surface area (Å²) in [7, 11) is -1.01. The van der Waals surface area contributed by atoms with Crippen molar-refractivity contribution >= 4 is 33.3 Å². The number of benzene rings is 1. The first-order chi connectivity index (χ1) is 11.3. The smallest absolute Gasteiger partial charge is 0.267 e. The van der Waals surface area contributed by atoms with E-state index in [1.54, 1.807) is 6.07 Å². The second kappa shape index (κ2) is 9.43. The first kappa shape index (κ1) is 20.2. The summed E-state index contributed by atoms with van der Waals surface area (Å²) in [5, 5.41) is 5.31. The second-order valence-electron chi connectivity index (χ2n) is 5.05. The highest BCUT2D eigenvalue weighted by Crippen LogP contribution is 2.25. The van der Waals surface area contributed by atoms with Gasteiger partial charge < -0.3 is 15.4 Å². The first-order valence-electron chi connectivity index (χ1n) is 7.52. The van der Waals surface area contributed by atoms with E-state index in [1.807, 2.05) is 6.92 Å². The van der Waals surface area contributed by atoms with Gasteiger partial charge in [0.2, 0.25) is 5.91 Å². The molecule has 0 radical (unpaired) electrons. The SMILES string of the molecule is CCCCNC(=O)Cc1ccc(OC)c(S(=O)(=O)NC(=S)NC)c1. The Kier molecular flexibility index (Phi) is 7.93. The standard InChI is InChI=1S/C15H23N3O4S2/c1-4-5-8-17-14(19)10-11-6-7-12(22-3)13(9-11)24(20,21)18-15(23)16-2/h6-7,9H,4-5,8,10H2,1-3H3,(H,17,19)(H2,16,18,23). The maximum atomic E-state index is 12.4. The average Bonchev–Trinajstić information content (AvgIpc) is 2.54. The van der Waals surface area contributed by atoms with Gasteiger partial charge in [-0.3, -0.25) is 9.52 Å². The molecule has 1 rings (SSSR count). The van der Waals surface area contributed by atoms with E-state index in [1.165, 1.54) is 26.3 Å². The number of unbranched alkanes of at least 4 members (excludes halogenated alkanes) is 1. The van der Waals surface area contributed by atoms with Gasteiger partial charge in [-0.05, 0) is 36.3 Å². The number of hydrogen-bond donors (Lipinski definition) is 3. The van der Waals surface area contributed by atoms with Crippen molar-refractivity contribution < 1.29 is 17.9 Å². The van der Waals surface area contributed by atoms with Gasteiger partial charge in [0.05, 0.1) is 13.5 Å². The fourth-order valence-corrected chi connectivity index (χ4v) is 3.43. The molecule has 0 spiro atoms. The van der Waals surface area contributed by atoms with Crippen LogP contribution in [0.1, 0.15) is 25.3 Å². The molecule has 3 N–H and O–H groups in total. The van der Waals surface area contributed by atoms with Crippen LogP contribution in [0.2, 0.25) is 0 Å². The third kappa shape index (κ3) is 5.97. The highest BCUT2D eigenvalue weighted by molar-refractivity contribution is 7.92. The van der Waals surface area contributed by atoms with Crippen LogP contribution in [0, 0.1) is 0 Å². The molecular weight excluding hydrogens is 350 g/mol. The Balaban J connectivity index is 3.00. The van der Waals surface area contributed by atoms with E-state index < -0.39 is 10.0 Å². The van der Waals surface area contributed by atoms with E-state index >= 15 is 0 Å². The molecular formula is C15H23N3O4S2. The molecule has 0 saturated heterocycles. The number of carbonyl (C=O) groups excluding carboxylic acids is 1. The van der Waals surface area contributed by atoms with Crippen LogP contribution in [-0.4, -0.2) is 40.1 Å². The van der Waals surface area contributed by atoms with Crippen LogP contribution in [0.4, 0.5) is 0 Å². The van der Waals surface area contributed by atoms with Gasteiger partial charge in [-0.15, -0.1) is 0 Å². The molecule has 0 aliphatic rings. The maximum Gasteiger partial charge on any atom is 0.267 e. The number of ether oxygens (including phenoxy) is 1. The molecule has 134 valence electrons. The first-order valence-corrected chi connectivity index (χ1v) is 9.41. The molecule has 0 heterocycles. The fraction of sp³-hybridized carbons (Fsp3) is 0.467. The lowest BCUT2D eigenvalue weighted by atomic mass is 10.1. The monoisotopic (exact) mass is 373 g/mol. The fourth-order valence-electron chi connectivity index (χ4n) is 1.92. The van der Waals surface area contributed by atoms with Crippen LogP contribution in [0.3, 0.4) is 0 Å². The van der Waals surface area contributed by atoms with Crippen LogP contribution >= 0.6 is 12.2 Å². The van der Waals surface area contributed by atoms with Crippen LogP contribution in [-0.2, 0) is 21.2 Å². The Labute approximate surface area is 148 Å². The molecule has 24 heavy (non-hydrogen) atoms. The van der Waals surface area contributed by atoms with Crippen molar-refractivity contribution in [2.45, 2.75) is 31.1 Å². The molecule has 0 bridgehead atoms. The molecule has 0 aromatic heterocycles. The third-order valence-corrected chi connectivity index (χ3v) is 5.00. The molecule has 7 nitrogen and oxygen atoms in total. The van der Waals surface area contributed by atoms with E-state index in [0.29, 0.717) is 12.1 Å². The molecule has 0 saturated carbocycles. The zero-order valence-electron chi connectivity index (χ0n) is 14.0. The Morgan fingerprint density at radius 1 is 1.33 bits per heavy atom. The van der Waals surface area contributed by atoms with Crippen molar-refractivity contribution in [2.24, 2.45) is 0 Å². The van der Waals surface area contributed by atoms with Crippen molar-refractivity contribution in [3.05, 3.63) is 23.8 Å². The molecule has 0 aliphatic heterocycles. The molecule has 0 atom stereocenters. The molecule has 0 aliphatic carbocycles. The number of nitrogens with one attached hydrogen (secondary N) is 3. The Hall–Kier alpha value is -1.87.